The van der Waals surface area contributed by atoms with Crippen molar-refractivity contribution in [1.82, 2.24) is 29.8 Å². The third-order valence-corrected chi connectivity index (χ3v) is 13.2. The van der Waals surface area contributed by atoms with E-state index in [2.05, 4.69) is 20.0 Å². The SMILES string of the molecule is CC[C@@H]1C[C@H](C)CCC=C[C@@H]2C[C@@]2(C(=O)NS(=O)(=O)C2CC2)NC(=O)[C@@H]2C[C@@H](Oc3nc4cc(OC)c(F)cc4[nH]c3=O)CN2C(=O)[C@H]1N(C(=O)O)C(C)(C)C. The molecule has 6 rings (SSSR count). The van der Waals surface area contributed by atoms with Crippen LogP contribution in [0.25, 0.3) is 11.0 Å². The van der Waals surface area contributed by atoms with Gasteiger partial charge in [0.1, 0.15) is 23.7 Å². The van der Waals surface area contributed by atoms with E-state index in [0.29, 0.717) is 38.5 Å². The lowest BCUT2D eigenvalue weighted by Gasteiger charge is -2.44. The van der Waals surface area contributed by atoms with Gasteiger partial charge in [-0.1, -0.05) is 32.4 Å². The van der Waals surface area contributed by atoms with E-state index in [9.17, 15) is 37.1 Å². The number of benzene rings is 1. The number of carboxylic acid groups (broad SMARTS) is 1. The molecule has 0 radical (unpaired) electrons. The van der Waals surface area contributed by atoms with E-state index in [1.165, 1.54) is 18.1 Å². The molecular weight excluding hydrogens is 752 g/mol. The van der Waals surface area contributed by atoms with E-state index in [0.717, 1.165) is 11.0 Å². The standard InChI is InChI=1S/C38H51FN6O10S/c1-7-21-14-20(2)10-8-9-11-22-18-38(22,35(49)43-56(52,53)24-12-13-24)42-31(46)28-15-23(19-44(28)34(48)30(21)45(36(50)51)37(3,4)5)55-33-32(47)40-26-16-25(39)29(54-6)17-27(26)41-33/h9,11,16-17,20-24,28,30H,7-8,10,12-15,18-19H2,1-6H3,(H,40,47)(H,42,46)(H,43,49)(H,50,51)/t20-,21-,22-,23-,28+,30+,38-/m1/s1. The summed E-state index contributed by atoms with van der Waals surface area (Å²) in [4.78, 5) is 78.7. The van der Waals surface area contributed by atoms with Crippen LogP contribution in [-0.4, -0.2) is 105 Å². The molecule has 306 valence electrons. The molecule has 2 aromatic rings. The van der Waals surface area contributed by atoms with Crippen LogP contribution in [0.1, 0.15) is 86.0 Å². The van der Waals surface area contributed by atoms with E-state index in [-0.39, 0.29) is 42.1 Å². The molecule has 1 aromatic heterocycles. The van der Waals surface area contributed by atoms with Crippen LogP contribution in [0, 0.1) is 23.6 Å². The van der Waals surface area contributed by atoms with Crippen LogP contribution in [0.3, 0.4) is 0 Å². The van der Waals surface area contributed by atoms with Crippen LogP contribution in [0.5, 0.6) is 11.6 Å². The number of aromatic nitrogens is 2. The number of methoxy groups -OCH3 is 1. The van der Waals surface area contributed by atoms with E-state index in [1.807, 2.05) is 26.0 Å². The molecule has 2 saturated carbocycles. The lowest BCUT2D eigenvalue weighted by Crippen LogP contribution is -2.62. The molecule has 4 aliphatic rings. The predicted molar refractivity (Wildman–Crippen MR) is 202 cm³/mol. The molecule has 1 saturated heterocycles. The Bertz CT molecular complexity index is 2100. The Labute approximate surface area is 324 Å². The first-order valence-electron chi connectivity index (χ1n) is 19.1. The van der Waals surface area contributed by atoms with E-state index >= 15 is 4.79 Å². The van der Waals surface area contributed by atoms with Gasteiger partial charge in [-0.2, -0.15) is 0 Å². The zero-order valence-electron chi connectivity index (χ0n) is 32.5. The van der Waals surface area contributed by atoms with Gasteiger partial charge >= 0.3 is 11.7 Å². The van der Waals surface area contributed by atoms with Gasteiger partial charge in [0.05, 0.1) is 29.9 Å². The second-order valence-electron chi connectivity index (χ2n) is 16.6. The Morgan fingerprint density at radius 1 is 1.16 bits per heavy atom. The number of nitrogens with zero attached hydrogens (tertiary/aromatic N) is 3. The molecule has 56 heavy (non-hydrogen) atoms. The number of hydrogen-bond acceptors (Lipinski definition) is 10. The maximum Gasteiger partial charge on any atom is 0.408 e. The van der Waals surface area contributed by atoms with E-state index in [4.69, 9.17) is 9.47 Å². The summed E-state index contributed by atoms with van der Waals surface area (Å²) in [6, 6.07) is -0.220. The number of hydrogen-bond donors (Lipinski definition) is 4. The van der Waals surface area contributed by atoms with Crippen molar-refractivity contribution in [2.75, 3.05) is 13.7 Å². The van der Waals surface area contributed by atoms with Crippen molar-refractivity contribution in [3.63, 3.8) is 0 Å². The quantitative estimate of drug-likeness (QED) is 0.284. The second-order valence-corrected chi connectivity index (χ2v) is 18.5. The van der Waals surface area contributed by atoms with E-state index < -0.39 is 97.4 Å². The molecule has 4 amide bonds. The fourth-order valence-electron chi connectivity index (χ4n) is 8.12. The summed E-state index contributed by atoms with van der Waals surface area (Å²) in [5, 5.41) is 12.7. The predicted octanol–water partition coefficient (Wildman–Crippen LogP) is 3.45. The van der Waals surface area contributed by atoms with Crippen LogP contribution < -0.4 is 25.1 Å². The highest BCUT2D eigenvalue weighted by Crippen LogP contribution is 2.46. The Hall–Kier alpha value is -4.74. The highest BCUT2D eigenvalue weighted by Gasteiger charge is 2.62. The number of rotatable bonds is 8. The van der Waals surface area contributed by atoms with Crippen molar-refractivity contribution in [2.45, 2.75) is 121 Å². The van der Waals surface area contributed by atoms with Gasteiger partial charge in [0.25, 0.3) is 11.8 Å². The number of allylic oxidation sites excluding steroid dienone is 1. The molecule has 4 N–H and O–H groups in total. The number of nitrogens with one attached hydrogen (secondary N) is 3. The van der Waals surface area contributed by atoms with Crippen LogP contribution >= 0.6 is 0 Å². The summed E-state index contributed by atoms with van der Waals surface area (Å²) >= 11 is 0. The van der Waals surface area contributed by atoms with Crippen LogP contribution in [0.2, 0.25) is 0 Å². The summed E-state index contributed by atoms with van der Waals surface area (Å²) in [6.45, 7) is 8.72. The van der Waals surface area contributed by atoms with Crippen molar-refractivity contribution < 1.29 is 46.6 Å². The topological polar surface area (TPSA) is 217 Å². The summed E-state index contributed by atoms with van der Waals surface area (Å²) in [5.41, 5.74) is -3.24. The molecule has 18 heteroatoms. The van der Waals surface area contributed by atoms with Gasteiger partial charge in [-0.15, -0.1) is 0 Å². The Balaban J connectivity index is 1.41. The largest absolute Gasteiger partial charge is 0.494 e. The number of aromatic amines is 1. The second kappa shape index (κ2) is 15.3. The number of carbonyl (C=O) groups is 4. The fraction of sp³-hybridized carbons (Fsp3) is 0.632. The van der Waals surface area contributed by atoms with E-state index in [1.54, 1.807) is 20.8 Å². The number of H-pyrrole nitrogens is 1. The van der Waals surface area contributed by atoms with Gasteiger partial charge in [-0.3, -0.25) is 28.8 Å². The molecule has 7 atom stereocenters. The third kappa shape index (κ3) is 8.20. The first-order valence-corrected chi connectivity index (χ1v) is 20.7. The summed E-state index contributed by atoms with van der Waals surface area (Å²) in [6.07, 6.45) is 4.40. The van der Waals surface area contributed by atoms with Gasteiger partial charge in [0, 0.05) is 30.0 Å². The average molecular weight is 803 g/mol. The Morgan fingerprint density at radius 2 is 1.88 bits per heavy atom. The zero-order chi connectivity index (χ0) is 40.9. The minimum atomic E-state index is -3.97. The van der Waals surface area contributed by atoms with Gasteiger partial charge in [0.15, 0.2) is 11.6 Å². The lowest BCUT2D eigenvalue weighted by molar-refractivity contribution is -0.146. The van der Waals surface area contributed by atoms with Crippen LogP contribution in [0.4, 0.5) is 9.18 Å². The lowest BCUT2D eigenvalue weighted by atomic mass is 9.82. The molecular formula is C38H51FN6O10S. The summed E-state index contributed by atoms with van der Waals surface area (Å²) in [5.74, 6) is -4.48. The number of sulfonamides is 1. The van der Waals surface area contributed by atoms with Crippen LogP contribution in [-0.2, 0) is 24.4 Å². The van der Waals surface area contributed by atoms with Crippen molar-refractivity contribution in [3.05, 3.63) is 40.5 Å². The molecule has 0 unspecified atom stereocenters. The zero-order valence-corrected chi connectivity index (χ0v) is 33.3. The smallest absolute Gasteiger partial charge is 0.408 e. The number of ether oxygens (including phenoxy) is 2. The normalized spacial score (nSPS) is 28.7. The average Bonchev–Trinajstić information content (AvgIpc) is 4.04. The summed E-state index contributed by atoms with van der Waals surface area (Å²) < 4.78 is 53.5. The monoisotopic (exact) mass is 802 g/mol. The van der Waals surface area contributed by atoms with Gasteiger partial charge in [-0.25, -0.2) is 22.6 Å². The molecule has 0 spiro atoms. The molecule has 0 bridgehead atoms. The maximum absolute atomic E-state index is 15.1. The highest BCUT2D eigenvalue weighted by atomic mass is 32.2. The Kier molecular flexibility index (Phi) is 11.2. The number of halogens is 1. The third-order valence-electron chi connectivity index (χ3n) is 11.4. The number of fused-ring (bicyclic) bond motifs is 3. The first kappa shape index (κ1) is 40.9. The van der Waals surface area contributed by atoms with Crippen molar-refractivity contribution in [3.8, 4) is 11.6 Å². The van der Waals surface area contributed by atoms with Gasteiger partial charge in [0.2, 0.25) is 21.8 Å². The molecule has 3 heterocycles. The first-order chi connectivity index (χ1) is 26.3. The fourth-order valence-corrected chi connectivity index (χ4v) is 9.48. The highest BCUT2D eigenvalue weighted by molar-refractivity contribution is 7.91. The van der Waals surface area contributed by atoms with Gasteiger partial charge in [-0.05, 0) is 71.1 Å². The number of carbonyl (C=O) groups excluding carboxylic acids is 3. The molecule has 16 nitrogen and oxygen atoms in total. The Morgan fingerprint density at radius 3 is 2.50 bits per heavy atom. The van der Waals surface area contributed by atoms with Crippen molar-refractivity contribution in [1.29, 1.82) is 0 Å². The molecule has 2 aliphatic carbocycles. The van der Waals surface area contributed by atoms with Gasteiger partial charge < -0.3 is 29.8 Å². The molecule has 1 aromatic carbocycles. The van der Waals surface area contributed by atoms with Crippen molar-refractivity contribution >= 4 is 44.9 Å². The number of amides is 4. The molecule has 3 fully saturated rings. The maximum atomic E-state index is 15.1. The molecule has 2 aliphatic heterocycles. The van der Waals surface area contributed by atoms with Crippen molar-refractivity contribution in [2.24, 2.45) is 17.8 Å². The minimum Gasteiger partial charge on any atom is -0.494 e. The summed E-state index contributed by atoms with van der Waals surface area (Å²) in [7, 11) is -2.70. The van der Waals surface area contributed by atoms with Crippen LogP contribution in [0.15, 0.2) is 29.1 Å². The minimum absolute atomic E-state index is 0.0552.